The molecule has 2 aromatic rings. The van der Waals surface area contributed by atoms with E-state index in [4.69, 9.17) is 9.47 Å². The molecule has 3 saturated heterocycles. The molecule has 9 heteroatoms. The number of aliphatic hydroxyl groups excluding tert-OH is 1. The molecule has 1 spiro atoms. The summed E-state index contributed by atoms with van der Waals surface area (Å²) in [5.41, 5.74) is 1.06. The number of aryl methyl sites for hydroxylation is 2. The van der Waals surface area contributed by atoms with Gasteiger partial charge in [0.1, 0.15) is 17.4 Å². The third-order valence-corrected chi connectivity index (χ3v) is 9.66. The lowest BCUT2D eigenvalue weighted by Crippen LogP contribution is -2.56. The number of likely N-dealkylation sites (tertiary alicyclic amines) is 1. The largest absolute Gasteiger partial charge is 0.494 e. The molecule has 232 valence electrons. The predicted molar refractivity (Wildman–Crippen MR) is 165 cm³/mol. The van der Waals surface area contributed by atoms with Crippen LogP contribution in [0.5, 0.6) is 5.75 Å². The number of nitrogens with zero attached hydrogens (tertiary/aromatic N) is 1. The summed E-state index contributed by atoms with van der Waals surface area (Å²) in [7, 11) is 0. The molecule has 5 rings (SSSR count). The van der Waals surface area contributed by atoms with E-state index in [1.165, 1.54) is 0 Å². The molecule has 3 N–H and O–H groups in total. The van der Waals surface area contributed by atoms with Crippen molar-refractivity contribution in [1.82, 2.24) is 4.90 Å². The van der Waals surface area contributed by atoms with Crippen LogP contribution in [-0.2, 0) is 19.1 Å². The van der Waals surface area contributed by atoms with Crippen LogP contribution >= 0.6 is 0 Å². The molecular weight excluding hydrogens is 546 g/mol. The Balaban J connectivity index is 1.55. The number of aliphatic hydroxyl groups is 1. The number of para-hydroxylation sites is 1. The van der Waals surface area contributed by atoms with Crippen molar-refractivity contribution < 1.29 is 29.0 Å². The molecule has 2 aromatic carbocycles. The van der Waals surface area contributed by atoms with E-state index in [2.05, 4.69) is 10.6 Å². The molecule has 3 heterocycles. The van der Waals surface area contributed by atoms with Gasteiger partial charge < -0.3 is 30.1 Å². The maximum atomic E-state index is 14.6. The third kappa shape index (κ3) is 5.20. The highest BCUT2D eigenvalue weighted by Gasteiger charge is 2.79. The molecule has 2 bridgehead atoms. The van der Waals surface area contributed by atoms with Gasteiger partial charge in [0.15, 0.2) is 0 Å². The highest BCUT2D eigenvalue weighted by atomic mass is 16.5. The van der Waals surface area contributed by atoms with Crippen molar-refractivity contribution in [2.45, 2.75) is 90.5 Å². The SMILES string of the molecule is CCOc1ccc(NC(=O)[C@H]2[C@H]3C(=O)N([C@@H](CO)CC(C)C)C(C(=O)Nc4c(C)cccc4C)C34CC[C@]2(CC)O4)cc1. The Labute approximate surface area is 254 Å². The van der Waals surface area contributed by atoms with Crippen molar-refractivity contribution >= 4 is 29.1 Å². The van der Waals surface area contributed by atoms with Gasteiger partial charge in [-0.3, -0.25) is 14.4 Å². The summed E-state index contributed by atoms with van der Waals surface area (Å²) in [5, 5.41) is 16.7. The number of ether oxygens (including phenoxy) is 2. The molecule has 2 unspecified atom stereocenters. The summed E-state index contributed by atoms with van der Waals surface area (Å²) in [5.74, 6) is -1.72. The van der Waals surface area contributed by atoms with E-state index < -0.39 is 35.1 Å². The monoisotopic (exact) mass is 591 g/mol. The molecule has 0 saturated carbocycles. The van der Waals surface area contributed by atoms with Crippen LogP contribution in [0.15, 0.2) is 42.5 Å². The molecule has 0 radical (unpaired) electrons. The van der Waals surface area contributed by atoms with Crippen LogP contribution in [0, 0.1) is 31.6 Å². The van der Waals surface area contributed by atoms with Gasteiger partial charge in [0.2, 0.25) is 17.7 Å². The summed E-state index contributed by atoms with van der Waals surface area (Å²) < 4.78 is 12.4. The lowest BCUT2D eigenvalue weighted by Gasteiger charge is -2.38. The first-order valence-electron chi connectivity index (χ1n) is 15.6. The topological polar surface area (TPSA) is 117 Å². The van der Waals surface area contributed by atoms with Crippen molar-refractivity contribution in [2.75, 3.05) is 23.8 Å². The predicted octanol–water partition coefficient (Wildman–Crippen LogP) is 4.84. The number of hydrogen-bond donors (Lipinski definition) is 3. The van der Waals surface area contributed by atoms with E-state index in [1.807, 2.05) is 59.7 Å². The number of carbonyl (C=O) groups excluding carboxylic acids is 3. The summed E-state index contributed by atoms with van der Waals surface area (Å²) in [6.07, 6.45) is 2.08. The van der Waals surface area contributed by atoms with Gasteiger partial charge in [-0.25, -0.2) is 0 Å². The van der Waals surface area contributed by atoms with E-state index in [-0.39, 0.29) is 30.2 Å². The van der Waals surface area contributed by atoms with E-state index in [9.17, 15) is 19.5 Å². The molecule has 3 aliphatic rings. The van der Waals surface area contributed by atoms with Crippen LogP contribution in [-0.4, -0.2) is 64.2 Å². The second-order valence-corrected chi connectivity index (χ2v) is 12.7. The molecule has 43 heavy (non-hydrogen) atoms. The molecule has 9 nitrogen and oxygen atoms in total. The average Bonchev–Trinajstić information content (AvgIpc) is 3.58. The molecule has 3 amide bonds. The van der Waals surface area contributed by atoms with E-state index in [1.54, 1.807) is 29.2 Å². The zero-order valence-corrected chi connectivity index (χ0v) is 26.1. The first kappa shape index (κ1) is 31.0. The fourth-order valence-corrected chi connectivity index (χ4v) is 7.79. The molecular formula is C34H45N3O6. The molecule has 3 fully saturated rings. The van der Waals surface area contributed by atoms with Crippen LogP contribution in [0.25, 0.3) is 0 Å². The Kier molecular flexibility index (Phi) is 8.60. The number of hydrogen-bond acceptors (Lipinski definition) is 6. The Hall–Kier alpha value is -3.43. The van der Waals surface area contributed by atoms with Crippen molar-refractivity contribution in [3.63, 3.8) is 0 Å². The number of benzene rings is 2. The lowest BCUT2D eigenvalue weighted by atomic mass is 9.65. The van der Waals surface area contributed by atoms with Gasteiger partial charge in [-0.2, -0.15) is 0 Å². The number of fused-ring (bicyclic) bond motifs is 1. The lowest BCUT2D eigenvalue weighted by molar-refractivity contribution is -0.148. The van der Waals surface area contributed by atoms with Crippen LogP contribution in [0.4, 0.5) is 11.4 Å². The van der Waals surface area contributed by atoms with Gasteiger partial charge in [-0.1, -0.05) is 39.0 Å². The van der Waals surface area contributed by atoms with Crippen LogP contribution in [0.1, 0.15) is 64.5 Å². The second-order valence-electron chi connectivity index (χ2n) is 12.7. The fourth-order valence-electron chi connectivity index (χ4n) is 7.79. The Bertz CT molecular complexity index is 1360. The van der Waals surface area contributed by atoms with Crippen LogP contribution in [0.2, 0.25) is 0 Å². The summed E-state index contributed by atoms with van der Waals surface area (Å²) in [6.45, 7) is 12.0. The van der Waals surface area contributed by atoms with Crippen LogP contribution < -0.4 is 15.4 Å². The minimum Gasteiger partial charge on any atom is -0.494 e. The van der Waals surface area contributed by atoms with Crippen molar-refractivity contribution in [2.24, 2.45) is 17.8 Å². The number of amides is 3. The Morgan fingerprint density at radius 3 is 2.30 bits per heavy atom. The number of nitrogens with one attached hydrogen (secondary N) is 2. The van der Waals surface area contributed by atoms with Gasteiger partial charge in [0, 0.05) is 11.4 Å². The van der Waals surface area contributed by atoms with Crippen molar-refractivity contribution in [1.29, 1.82) is 0 Å². The minimum atomic E-state index is -1.18. The van der Waals surface area contributed by atoms with Gasteiger partial charge in [-0.15, -0.1) is 0 Å². The maximum Gasteiger partial charge on any atom is 0.250 e. The molecule has 3 aliphatic heterocycles. The van der Waals surface area contributed by atoms with E-state index >= 15 is 0 Å². The molecule has 0 aromatic heterocycles. The summed E-state index contributed by atoms with van der Waals surface area (Å²) >= 11 is 0. The number of rotatable bonds is 11. The summed E-state index contributed by atoms with van der Waals surface area (Å²) in [6, 6.07) is 11.4. The highest BCUT2D eigenvalue weighted by molar-refractivity contribution is 6.05. The zero-order chi connectivity index (χ0) is 31.1. The number of anilines is 2. The first-order chi connectivity index (χ1) is 20.5. The minimum absolute atomic E-state index is 0.170. The standard InChI is InChI=1S/C34H45N3O6/c1-7-33-16-17-34(43-33)27(26(33)30(39)35-23-12-14-25(15-13-23)42-8-2)32(41)37(24(19-38)18-20(3)4)29(34)31(40)36-28-21(5)10-9-11-22(28)6/h9-15,20,24,26-27,29,38H,7-8,16-19H2,1-6H3,(H,35,39)(H,36,40)/t24-,26-,27+,29?,33+,34?/m1/s1. The van der Waals surface area contributed by atoms with Gasteiger partial charge in [0.05, 0.1) is 36.7 Å². The van der Waals surface area contributed by atoms with Gasteiger partial charge in [-0.05, 0) is 87.8 Å². The smallest absolute Gasteiger partial charge is 0.250 e. The fraction of sp³-hybridized carbons (Fsp3) is 0.559. The first-order valence-corrected chi connectivity index (χ1v) is 15.6. The van der Waals surface area contributed by atoms with E-state index in [0.29, 0.717) is 49.4 Å². The zero-order valence-electron chi connectivity index (χ0n) is 26.1. The van der Waals surface area contributed by atoms with Crippen molar-refractivity contribution in [3.8, 4) is 5.75 Å². The third-order valence-electron chi connectivity index (χ3n) is 9.66. The molecule has 0 aliphatic carbocycles. The Morgan fingerprint density at radius 2 is 1.72 bits per heavy atom. The summed E-state index contributed by atoms with van der Waals surface area (Å²) in [4.78, 5) is 44.6. The number of carbonyl (C=O) groups is 3. The quantitative estimate of drug-likeness (QED) is 0.344. The average molecular weight is 592 g/mol. The van der Waals surface area contributed by atoms with Gasteiger partial charge in [0.25, 0.3) is 0 Å². The van der Waals surface area contributed by atoms with Gasteiger partial charge >= 0.3 is 0 Å². The van der Waals surface area contributed by atoms with E-state index in [0.717, 1.165) is 11.1 Å². The Morgan fingerprint density at radius 1 is 1.05 bits per heavy atom. The van der Waals surface area contributed by atoms with Crippen LogP contribution in [0.3, 0.4) is 0 Å². The normalized spacial score (nSPS) is 28.2. The molecule has 6 atom stereocenters. The maximum absolute atomic E-state index is 14.6. The highest BCUT2D eigenvalue weighted by Crippen LogP contribution is 2.64. The second kappa shape index (κ2) is 11.9. The van der Waals surface area contributed by atoms with Crippen molar-refractivity contribution in [3.05, 3.63) is 53.6 Å².